The molecule has 0 bridgehead atoms. The van der Waals surface area contributed by atoms with Gasteiger partial charge in [-0.3, -0.25) is 14.4 Å². The van der Waals surface area contributed by atoms with E-state index in [0.717, 1.165) is 103 Å². The zero-order chi connectivity index (χ0) is 48.6. The largest absolute Gasteiger partial charge is 0.462 e. The molecule has 0 spiro atoms. The first-order valence-corrected chi connectivity index (χ1v) is 28.8. The van der Waals surface area contributed by atoms with E-state index in [-0.39, 0.29) is 31.1 Å². The van der Waals surface area contributed by atoms with Crippen molar-refractivity contribution in [3.8, 4) is 0 Å². The highest BCUT2D eigenvalue weighted by Crippen LogP contribution is 2.16. The van der Waals surface area contributed by atoms with Crippen molar-refractivity contribution in [3.63, 3.8) is 0 Å². The van der Waals surface area contributed by atoms with Gasteiger partial charge < -0.3 is 14.2 Å². The molecule has 0 saturated carbocycles. The Kier molecular flexibility index (Phi) is 53.3. The number of carbonyl (C=O) groups excluding carboxylic acids is 3. The van der Waals surface area contributed by atoms with Crippen LogP contribution in [0.4, 0.5) is 0 Å². The lowest BCUT2D eigenvalue weighted by Gasteiger charge is -2.18. The zero-order valence-corrected chi connectivity index (χ0v) is 44.4. The van der Waals surface area contributed by atoms with Gasteiger partial charge in [-0.05, 0) is 103 Å². The average molecular weight is 938 g/mol. The molecule has 0 aliphatic heterocycles. The Bertz CT molecular complexity index is 1210. The van der Waals surface area contributed by atoms with Gasteiger partial charge in [0, 0.05) is 19.3 Å². The normalized spacial score (nSPS) is 12.5. The van der Waals surface area contributed by atoms with Crippen molar-refractivity contribution < 1.29 is 28.6 Å². The fourth-order valence-electron chi connectivity index (χ4n) is 8.15. The van der Waals surface area contributed by atoms with Gasteiger partial charge in [0.25, 0.3) is 0 Å². The minimum Gasteiger partial charge on any atom is -0.462 e. The van der Waals surface area contributed by atoms with Gasteiger partial charge in [-0.2, -0.15) is 0 Å². The number of unbranched alkanes of at least 4 members (excludes halogenated alkanes) is 31. The molecule has 0 rings (SSSR count). The first-order chi connectivity index (χ1) is 33.0. The summed E-state index contributed by atoms with van der Waals surface area (Å²) in [6.45, 7) is 6.51. The van der Waals surface area contributed by atoms with E-state index in [1.165, 1.54) is 148 Å². The van der Waals surface area contributed by atoms with Crippen molar-refractivity contribution in [3.05, 3.63) is 60.8 Å². The number of esters is 3. The standard InChI is InChI=1S/C61H108O6/c1-4-7-10-13-16-19-22-25-27-28-29-30-31-32-34-37-40-43-46-49-52-55-61(64)67-58(56-65-59(62)53-50-47-44-41-38-35-24-21-18-15-12-9-6-3)57-66-60(63)54-51-48-45-42-39-36-33-26-23-20-17-14-11-8-5-2/h8,11,17,20-21,24-27,33,58H,4-7,9-10,12-16,18-19,22-23,28-32,34-57H2,1-3H3/b11-8-,20-17-,24-21-,27-25-,33-26-/t58-/m0/s1. The molecule has 0 fully saturated rings. The zero-order valence-electron chi connectivity index (χ0n) is 44.4. The lowest BCUT2D eigenvalue weighted by Crippen LogP contribution is -2.30. The van der Waals surface area contributed by atoms with Crippen molar-refractivity contribution in [1.29, 1.82) is 0 Å². The minimum atomic E-state index is -0.784. The highest BCUT2D eigenvalue weighted by Gasteiger charge is 2.19. The summed E-state index contributed by atoms with van der Waals surface area (Å²) >= 11 is 0. The molecule has 67 heavy (non-hydrogen) atoms. The fraction of sp³-hybridized carbons (Fsp3) is 0.787. The molecule has 0 aliphatic rings. The summed E-state index contributed by atoms with van der Waals surface area (Å²) in [7, 11) is 0. The van der Waals surface area contributed by atoms with Gasteiger partial charge >= 0.3 is 17.9 Å². The molecule has 0 heterocycles. The molecule has 0 amide bonds. The van der Waals surface area contributed by atoms with Crippen LogP contribution in [0.1, 0.15) is 290 Å². The van der Waals surface area contributed by atoms with Crippen molar-refractivity contribution in [2.75, 3.05) is 13.2 Å². The summed E-state index contributed by atoms with van der Waals surface area (Å²) in [6.07, 6.45) is 69.3. The number of hydrogen-bond donors (Lipinski definition) is 0. The van der Waals surface area contributed by atoms with Crippen LogP contribution in [0.3, 0.4) is 0 Å². The maximum absolute atomic E-state index is 12.9. The van der Waals surface area contributed by atoms with E-state index in [1.54, 1.807) is 0 Å². The molecular weight excluding hydrogens is 829 g/mol. The molecule has 0 aliphatic carbocycles. The van der Waals surface area contributed by atoms with E-state index in [2.05, 4.69) is 81.5 Å². The van der Waals surface area contributed by atoms with Crippen LogP contribution in [0.15, 0.2) is 60.8 Å². The number of rotatable bonds is 52. The molecule has 6 heteroatoms. The van der Waals surface area contributed by atoms with Gasteiger partial charge in [-0.1, -0.05) is 229 Å². The lowest BCUT2D eigenvalue weighted by molar-refractivity contribution is -0.167. The highest BCUT2D eigenvalue weighted by atomic mass is 16.6. The van der Waals surface area contributed by atoms with Gasteiger partial charge in [-0.15, -0.1) is 0 Å². The summed E-state index contributed by atoms with van der Waals surface area (Å²) in [6, 6.07) is 0. The van der Waals surface area contributed by atoms with Crippen LogP contribution in [0.25, 0.3) is 0 Å². The maximum Gasteiger partial charge on any atom is 0.306 e. The highest BCUT2D eigenvalue weighted by molar-refractivity contribution is 5.71. The molecule has 388 valence electrons. The summed E-state index contributed by atoms with van der Waals surface area (Å²) in [5.41, 5.74) is 0. The number of allylic oxidation sites excluding steroid dienone is 10. The molecule has 6 nitrogen and oxygen atoms in total. The second-order valence-corrected chi connectivity index (χ2v) is 19.2. The quantitative estimate of drug-likeness (QED) is 0.0262. The second-order valence-electron chi connectivity index (χ2n) is 19.2. The molecule has 0 unspecified atom stereocenters. The Morgan fingerprint density at radius 2 is 0.582 bits per heavy atom. The molecular formula is C61H108O6. The van der Waals surface area contributed by atoms with Gasteiger partial charge in [0.2, 0.25) is 0 Å². The first-order valence-electron chi connectivity index (χ1n) is 28.8. The number of ether oxygens (including phenoxy) is 3. The summed E-state index contributed by atoms with van der Waals surface area (Å²) in [5, 5.41) is 0. The van der Waals surface area contributed by atoms with Gasteiger partial charge in [0.1, 0.15) is 13.2 Å². The molecule has 0 saturated heterocycles. The van der Waals surface area contributed by atoms with Crippen molar-refractivity contribution in [2.24, 2.45) is 0 Å². The fourth-order valence-corrected chi connectivity index (χ4v) is 8.15. The molecule has 0 N–H and O–H groups in total. The molecule has 0 radical (unpaired) electrons. The number of carbonyl (C=O) groups is 3. The predicted octanol–water partition coefficient (Wildman–Crippen LogP) is 19.2. The van der Waals surface area contributed by atoms with E-state index in [4.69, 9.17) is 14.2 Å². The Hall–Kier alpha value is -2.89. The third-order valence-electron chi connectivity index (χ3n) is 12.5. The van der Waals surface area contributed by atoms with Crippen molar-refractivity contribution in [1.82, 2.24) is 0 Å². The monoisotopic (exact) mass is 937 g/mol. The van der Waals surface area contributed by atoms with E-state index in [0.29, 0.717) is 19.3 Å². The van der Waals surface area contributed by atoms with Gasteiger partial charge in [0.05, 0.1) is 0 Å². The Morgan fingerprint density at radius 3 is 0.940 bits per heavy atom. The molecule has 0 aromatic carbocycles. The summed E-state index contributed by atoms with van der Waals surface area (Å²) in [4.78, 5) is 38.1. The predicted molar refractivity (Wildman–Crippen MR) is 288 cm³/mol. The first kappa shape index (κ1) is 64.1. The lowest BCUT2D eigenvalue weighted by atomic mass is 10.0. The molecule has 1 atom stereocenters. The van der Waals surface area contributed by atoms with Crippen LogP contribution in [0.5, 0.6) is 0 Å². The van der Waals surface area contributed by atoms with E-state index >= 15 is 0 Å². The smallest absolute Gasteiger partial charge is 0.306 e. The van der Waals surface area contributed by atoms with Crippen LogP contribution in [-0.2, 0) is 28.6 Å². The summed E-state index contributed by atoms with van der Waals surface area (Å²) < 4.78 is 16.8. The Balaban J connectivity index is 4.35. The SMILES string of the molecule is CC/C=C\C/C=C\C/C=C\CCCCCCCC(=O)OC[C@H](COC(=O)CCCCCCC/C=C\CCCCCC)OC(=O)CCCCCCCCCCCCC/C=C\CCCCCCCC. The Labute approximate surface area is 415 Å². The molecule has 0 aromatic rings. The average Bonchev–Trinajstić information content (AvgIpc) is 3.33. The van der Waals surface area contributed by atoms with Crippen LogP contribution in [-0.4, -0.2) is 37.2 Å². The maximum atomic E-state index is 12.9. The Morgan fingerprint density at radius 1 is 0.313 bits per heavy atom. The van der Waals surface area contributed by atoms with Gasteiger partial charge in [0.15, 0.2) is 6.10 Å². The van der Waals surface area contributed by atoms with Crippen LogP contribution in [0, 0.1) is 0 Å². The van der Waals surface area contributed by atoms with Crippen LogP contribution >= 0.6 is 0 Å². The third-order valence-corrected chi connectivity index (χ3v) is 12.5. The van der Waals surface area contributed by atoms with Gasteiger partial charge in [-0.25, -0.2) is 0 Å². The van der Waals surface area contributed by atoms with E-state index in [1.807, 2.05) is 0 Å². The third kappa shape index (κ3) is 53.9. The van der Waals surface area contributed by atoms with E-state index < -0.39 is 6.10 Å². The molecule has 0 aromatic heterocycles. The van der Waals surface area contributed by atoms with E-state index in [9.17, 15) is 14.4 Å². The summed E-state index contributed by atoms with van der Waals surface area (Å²) in [5.74, 6) is -0.899. The van der Waals surface area contributed by atoms with Crippen molar-refractivity contribution in [2.45, 2.75) is 297 Å². The topological polar surface area (TPSA) is 78.9 Å². The second kappa shape index (κ2) is 55.7. The van der Waals surface area contributed by atoms with Crippen LogP contribution < -0.4 is 0 Å². The number of hydrogen-bond acceptors (Lipinski definition) is 6. The van der Waals surface area contributed by atoms with Crippen molar-refractivity contribution >= 4 is 17.9 Å². The van der Waals surface area contributed by atoms with Crippen LogP contribution in [0.2, 0.25) is 0 Å². The minimum absolute atomic E-state index is 0.0833.